The van der Waals surface area contributed by atoms with Crippen molar-refractivity contribution in [3.63, 3.8) is 0 Å². The average molecular weight is 141 g/mol. The van der Waals surface area contributed by atoms with E-state index in [0.29, 0.717) is 0 Å². The van der Waals surface area contributed by atoms with Crippen molar-refractivity contribution < 1.29 is 5.11 Å². The van der Waals surface area contributed by atoms with Gasteiger partial charge < -0.3 is 5.11 Å². The molecule has 0 spiro atoms. The van der Waals surface area contributed by atoms with Crippen LogP contribution in [-0.4, -0.2) is 23.5 Å². The van der Waals surface area contributed by atoms with Crippen molar-refractivity contribution in [1.82, 2.24) is 0 Å². The van der Waals surface area contributed by atoms with E-state index in [1.165, 1.54) is 6.42 Å². The van der Waals surface area contributed by atoms with E-state index < -0.39 is 5.60 Å². The Morgan fingerprint density at radius 2 is 2.20 bits per heavy atom. The van der Waals surface area contributed by atoms with Gasteiger partial charge in [0.05, 0.1) is 5.60 Å². The van der Waals surface area contributed by atoms with Crippen molar-refractivity contribution >= 4 is 5.71 Å². The Bertz CT molecular complexity index is 149. The van der Waals surface area contributed by atoms with Crippen LogP contribution in [0, 0.1) is 0 Å². The summed E-state index contributed by atoms with van der Waals surface area (Å²) in [5, 5.41) is 9.70. The van der Waals surface area contributed by atoms with Crippen molar-refractivity contribution in [2.45, 2.75) is 38.2 Å². The van der Waals surface area contributed by atoms with Crippen LogP contribution in [0.5, 0.6) is 0 Å². The van der Waals surface area contributed by atoms with E-state index in [2.05, 4.69) is 4.99 Å². The minimum Gasteiger partial charge on any atom is -0.384 e. The smallest absolute Gasteiger partial charge is 0.0994 e. The summed E-state index contributed by atoms with van der Waals surface area (Å²) in [7, 11) is 1.76. The maximum Gasteiger partial charge on any atom is 0.0994 e. The summed E-state index contributed by atoms with van der Waals surface area (Å²) in [6.07, 6.45) is 4.16. The SMILES string of the molecule is C/N=C1\CCCC[C@]1(C)O. The Morgan fingerprint density at radius 3 is 2.60 bits per heavy atom. The fraction of sp³-hybridized carbons (Fsp3) is 0.875. The van der Waals surface area contributed by atoms with Gasteiger partial charge in [-0.2, -0.15) is 0 Å². The molecule has 1 aliphatic carbocycles. The van der Waals surface area contributed by atoms with E-state index in [4.69, 9.17) is 0 Å². The van der Waals surface area contributed by atoms with Gasteiger partial charge in [0, 0.05) is 12.8 Å². The first-order chi connectivity index (χ1) is 4.67. The van der Waals surface area contributed by atoms with Gasteiger partial charge in [-0.15, -0.1) is 0 Å². The standard InChI is InChI=1S/C8H15NO/c1-8(10)6-4-3-5-7(8)9-2/h10H,3-6H2,1-2H3/b9-7+/t8-/m0/s1. The van der Waals surface area contributed by atoms with E-state index in [-0.39, 0.29) is 0 Å². The van der Waals surface area contributed by atoms with Gasteiger partial charge in [-0.05, 0) is 32.6 Å². The Hall–Kier alpha value is -0.370. The van der Waals surface area contributed by atoms with Crippen LogP contribution in [0.2, 0.25) is 0 Å². The Morgan fingerprint density at radius 1 is 1.50 bits per heavy atom. The predicted octanol–water partition coefficient (Wildman–Crippen LogP) is 1.38. The molecule has 0 aliphatic heterocycles. The third-order valence-corrected chi connectivity index (χ3v) is 2.22. The highest BCUT2D eigenvalue weighted by Gasteiger charge is 2.29. The first-order valence-corrected chi connectivity index (χ1v) is 3.85. The number of hydrogen-bond donors (Lipinski definition) is 1. The van der Waals surface area contributed by atoms with Gasteiger partial charge in [0.1, 0.15) is 0 Å². The lowest BCUT2D eigenvalue weighted by atomic mass is 9.84. The van der Waals surface area contributed by atoms with Crippen LogP contribution in [0.15, 0.2) is 4.99 Å². The minimum absolute atomic E-state index is 0.604. The molecular formula is C8H15NO. The molecule has 0 unspecified atom stereocenters. The van der Waals surface area contributed by atoms with Crippen LogP contribution in [-0.2, 0) is 0 Å². The van der Waals surface area contributed by atoms with Crippen LogP contribution in [0.3, 0.4) is 0 Å². The molecule has 1 saturated carbocycles. The largest absolute Gasteiger partial charge is 0.384 e. The van der Waals surface area contributed by atoms with Crippen molar-refractivity contribution in [1.29, 1.82) is 0 Å². The van der Waals surface area contributed by atoms with E-state index in [0.717, 1.165) is 25.0 Å². The lowest BCUT2D eigenvalue weighted by Gasteiger charge is -2.29. The molecule has 0 saturated heterocycles. The van der Waals surface area contributed by atoms with Gasteiger partial charge in [0.25, 0.3) is 0 Å². The maximum atomic E-state index is 9.70. The Balaban J connectivity index is 2.70. The molecule has 10 heavy (non-hydrogen) atoms. The van der Waals surface area contributed by atoms with E-state index in [1.807, 2.05) is 6.92 Å². The quantitative estimate of drug-likeness (QED) is 0.543. The second-order valence-corrected chi connectivity index (χ2v) is 3.15. The first kappa shape index (κ1) is 7.73. The molecule has 0 amide bonds. The summed E-state index contributed by atoms with van der Waals surface area (Å²) in [5.74, 6) is 0. The lowest BCUT2D eigenvalue weighted by Crippen LogP contribution is -2.37. The van der Waals surface area contributed by atoms with E-state index in [1.54, 1.807) is 7.05 Å². The molecule has 1 atom stereocenters. The number of hydrogen-bond acceptors (Lipinski definition) is 2. The molecule has 1 fully saturated rings. The third-order valence-electron chi connectivity index (χ3n) is 2.22. The monoisotopic (exact) mass is 141 g/mol. The number of aliphatic hydroxyl groups is 1. The van der Waals surface area contributed by atoms with Crippen molar-refractivity contribution in [2.75, 3.05) is 7.05 Å². The van der Waals surface area contributed by atoms with Crippen molar-refractivity contribution in [3.8, 4) is 0 Å². The van der Waals surface area contributed by atoms with Gasteiger partial charge in [-0.1, -0.05) is 0 Å². The fourth-order valence-electron chi connectivity index (χ4n) is 1.53. The highest BCUT2D eigenvalue weighted by molar-refractivity contribution is 5.92. The molecule has 0 radical (unpaired) electrons. The molecule has 0 bridgehead atoms. The summed E-state index contributed by atoms with van der Waals surface area (Å²) < 4.78 is 0. The summed E-state index contributed by atoms with van der Waals surface area (Å²) in [6, 6.07) is 0. The zero-order chi connectivity index (χ0) is 7.61. The topological polar surface area (TPSA) is 32.6 Å². The van der Waals surface area contributed by atoms with Gasteiger partial charge in [0.2, 0.25) is 0 Å². The van der Waals surface area contributed by atoms with Gasteiger partial charge in [-0.25, -0.2) is 0 Å². The van der Waals surface area contributed by atoms with Crippen molar-refractivity contribution in [2.24, 2.45) is 4.99 Å². The maximum absolute atomic E-state index is 9.70. The Kier molecular flexibility index (Phi) is 2.09. The first-order valence-electron chi connectivity index (χ1n) is 3.85. The molecule has 1 N–H and O–H groups in total. The normalized spacial score (nSPS) is 38.5. The molecule has 1 rings (SSSR count). The Labute approximate surface area is 62.0 Å². The number of rotatable bonds is 0. The van der Waals surface area contributed by atoms with Gasteiger partial charge in [-0.3, -0.25) is 4.99 Å². The summed E-state index contributed by atoms with van der Waals surface area (Å²) >= 11 is 0. The molecule has 0 aromatic carbocycles. The van der Waals surface area contributed by atoms with Crippen molar-refractivity contribution in [3.05, 3.63) is 0 Å². The predicted molar refractivity (Wildman–Crippen MR) is 42.5 cm³/mol. The summed E-state index contributed by atoms with van der Waals surface area (Å²) in [5.41, 5.74) is 0.367. The number of aliphatic imine (C=N–C) groups is 1. The highest BCUT2D eigenvalue weighted by atomic mass is 16.3. The third kappa shape index (κ3) is 1.37. The van der Waals surface area contributed by atoms with Gasteiger partial charge in [0.15, 0.2) is 0 Å². The van der Waals surface area contributed by atoms with Crippen LogP contribution < -0.4 is 0 Å². The zero-order valence-electron chi connectivity index (χ0n) is 6.72. The molecule has 1 aliphatic rings. The molecule has 58 valence electrons. The molecule has 0 aromatic rings. The van der Waals surface area contributed by atoms with Crippen LogP contribution >= 0.6 is 0 Å². The second kappa shape index (κ2) is 2.70. The molecular weight excluding hydrogens is 126 g/mol. The van der Waals surface area contributed by atoms with Crippen LogP contribution in [0.25, 0.3) is 0 Å². The van der Waals surface area contributed by atoms with Gasteiger partial charge >= 0.3 is 0 Å². The van der Waals surface area contributed by atoms with E-state index >= 15 is 0 Å². The van der Waals surface area contributed by atoms with Crippen LogP contribution in [0.4, 0.5) is 0 Å². The molecule has 0 aromatic heterocycles. The zero-order valence-corrected chi connectivity index (χ0v) is 6.72. The average Bonchev–Trinajstić information content (AvgIpc) is 1.87. The summed E-state index contributed by atoms with van der Waals surface area (Å²) in [4.78, 5) is 4.07. The number of nitrogens with zero attached hydrogens (tertiary/aromatic N) is 1. The second-order valence-electron chi connectivity index (χ2n) is 3.15. The highest BCUT2D eigenvalue weighted by Crippen LogP contribution is 2.24. The lowest BCUT2D eigenvalue weighted by molar-refractivity contribution is 0.109. The summed E-state index contributed by atoms with van der Waals surface area (Å²) in [6.45, 7) is 1.86. The molecule has 2 heteroatoms. The molecule has 0 heterocycles. The van der Waals surface area contributed by atoms with Crippen LogP contribution in [0.1, 0.15) is 32.6 Å². The molecule has 2 nitrogen and oxygen atoms in total. The minimum atomic E-state index is -0.604. The van der Waals surface area contributed by atoms with E-state index in [9.17, 15) is 5.11 Å². The fourth-order valence-corrected chi connectivity index (χ4v) is 1.53.